The molecule has 0 amide bonds. The molecule has 14 heavy (non-hydrogen) atoms. The third-order valence-electron chi connectivity index (χ3n) is 1.72. The predicted molar refractivity (Wildman–Crippen MR) is 59.0 cm³/mol. The van der Waals surface area contributed by atoms with Gasteiger partial charge in [-0.2, -0.15) is 5.06 Å². The second-order valence-electron chi connectivity index (χ2n) is 2.89. The summed E-state index contributed by atoms with van der Waals surface area (Å²) in [7, 11) is 3.14. The van der Waals surface area contributed by atoms with Crippen molar-refractivity contribution in [1.29, 1.82) is 0 Å². The van der Waals surface area contributed by atoms with E-state index in [0.717, 1.165) is 15.1 Å². The number of nitrogens with zero attached hydrogens (tertiary/aromatic N) is 1. The van der Waals surface area contributed by atoms with Crippen LogP contribution in [-0.4, -0.2) is 24.4 Å². The van der Waals surface area contributed by atoms with Gasteiger partial charge in [0.05, 0.1) is 18.1 Å². The molecule has 0 unspecified atom stereocenters. The van der Waals surface area contributed by atoms with E-state index in [4.69, 9.17) is 21.5 Å². The maximum absolute atomic E-state index is 9.09. The van der Waals surface area contributed by atoms with Crippen LogP contribution in [0.3, 0.4) is 0 Å². The molecule has 0 aliphatic carbocycles. The molecule has 0 fully saturated rings. The van der Waals surface area contributed by atoms with Gasteiger partial charge in [0.1, 0.15) is 5.75 Å². The van der Waals surface area contributed by atoms with E-state index in [1.807, 2.05) is 0 Å². The van der Waals surface area contributed by atoms with Crippen LogP contribution in [0.5, 0.6) is 5.75 Å². The molecule has 1 aromatic rings. The van der Waals surface area contributed by atoms with Crippen LogP contribution in [0, 0.1) is 0 Å². The normalized spacial score (nSPS) is 10.7. The van der Waals surface area contributed by atoms with Gasteiger partial charge in [0, 0.05) is 12.1 Å². The molecule has 1 rings (SSSR count). The van der Waals surface area contributed by atoms with Gasteiger partial charge in [-0.15, -0.1) is 0 Å². The van der Waals surface area contributed by atoms with Crippen LogP contribution < -0.4 is 4.74 Å². The zero-order valence-corrected chi connectivity index (χ0v) is 10.3. The fraction of sp³-hybridized carbons (Fsp3) is 0.333. The smallest absolute Gasteiger partial charge is 0.133 e. The molecule has 3 nitrogen and oxygen atoms in total. The molecule has 0 saturated heterocycles. The first-order chi connectivity index (χ1) is 6.54. The molecule has 0 heterocycles. The predicted octanol–water partition coefficient (Wildman–Crippen LogP) is 2.93. The zero-order chi connectivity index (χ0) is 10.7. The summed E-state index contributed by atoms with van der Waals surface area (Å²) in [5.74, 6) is 0.700. The largest absolute Gasteiger partial charge is 0.496 e. The molecule has 0 spiro atoms. The van der Waals surface area contributed by atoms with Gasteiger partial charge in [-0.05, 0) is 33.6 Å². The second-order valence-corrected chi connectivity index (χ2v) is 4.16. The van der Waals surface area contributed by atoms with Crippen molar-refractivity contribution < 1.29 is 9.94 Å². The molecule has 0 saturated carbocycles. The Morgan fingerprint density at radius 2 is 2.21 bits per heavy atom. The topological polar surface area (TPSA) is 32.7 Å². The Morgan fingerprint density at radius 1 is 1.57 bits per heavy atom. The molecule has 0 aliphatic heterocycles. The SMILES string of the molecule is COc1cc(CN(C)O)c(Cl)cc1Br. The van der Waals surface area contributed by atoms with Gasteiger partial charge in [-0.1, -0.05) is 11.6 Å². The molecule has 1 N–H and O–H groups in total. The summed E-state index contributed by atoms with van der Waals surface area (Å²) in [6.07, 6.45) is 0. The molecular weight excluding hydrogens is 269 g/mol. The molecule has 1 aromatic carbocycles. The lowest BCUT2D eigenvalue weighted by molar-refractivity contribution is -0.0731. The number of hydrogen-bond acceptors (Lipinski definition) is 3. The third-order valence-corrected chi connectivity index (χ3v) is 2.69. The lowest BCUT2D eigenvalue weighted by atomic mass is 10.2. The number of hydrogen-bond donors (Lipinski definition) is 1. The van der Waals surface area contributed by atoms with Crippen molar-refractivity contribution in [2.45, 2.75) is 6.54 Å². The minimum atomic E-state index is 0.364. The van der Waals surface area contributed by atoms with Crippen molar-refractivity contribution in [2.24, 2.45) is 0 Å². The first-order valence-electron chi connectivity index (χ1n) is 3.96. The van der Waals surface area contributed by atoms with Gasteiger partial charge < -0.3 is 9.94 Å². The number of ether oxygens (including phenoxy) is 1. The van der Waals surface area contributed by atoms with Crippen LogP contribution in [-0.2, 0) is 6.54 Å². The average molecular weight is 281 g/mol. The standard InChI is InChI=1S/C9H11BrClNO2/c1-12(13)5-6-3-9(14-2)7(10)4-8(6)11/h3-4,13H,5H2,1-2H3. The molecule has 0 radical (unpaired) electrons. The van der Waals surface area contributed by atoms with Crippen molar-refractivity contribution >= 4 is 27.5 Å². The summed E-state index contributed by atoms with van der Waals surface area (Å²) in [4.78, 5) is 0. The minimum absolute atomic E-state index is 0.364. The highest BCUT2D eigenvalue weighted by atomic mass is 79.9. The number of hydroxylamine groups is 2. The Bertz CT molecular complexity index is 331. The highest BCUT2D eigenvalue weighted by molar-refractivity contribution is 9.10. The Hall–Kier alpha value is -0.290. The van der Waals surface area contributed by atoms with Crippen molar-refractivity contribution in [3.05, 3.63) is 27.2 Å². The number of rotatable bonds is 3. The van der Waals surface area contributed by atoms with E-state index in [0.29, 0.717) is 17.3 Å². The zero-order valence-electron chi connectivity index (χ0n) is 7.92. The van der Waals surface area contributed by atoms with E-state index < -0.39 is 0 Å². The minimum Gasteiger partial charge on any atom is -0.496 e. The van der Waals surface area contributed by atoms with E-state index in [2.05, 4.69) is 15.9 Å². The summed E-state index contributed by atoms with van der Waals surface area (Å²) in [6, 6.07) is 3.54. The van der Waals surface area contributed by atoms with Crippen molar-refractivity contribution in [3.8, 4) is 5.75 Å². The average Bonchev–Trinajstić information content (AvgIpc) is 2.09. The highest BCUT2D eigenvalue weighted by Gasteiger charge is 2.08. The van der Waals surface area contributed by atoms with E-state index in [1.165, 1.54) is 0 Å². The summed E-state index contributed by atoms with van der Waals surface area (Å²) >= 11 is 9.30. The summed E-state index contributed by atoms with van der Waals surface area (Å²) < 4.78 is 5.92. The Kier molecular flexibility index (Phi) is 4.19. The Labute approximate surface area is 96.3 Å². The van der Waals surface area contributed by atoms with Crippen molar-refractivity contribution in [1.82, 2.24) is 5.06 Å². The van der Waals surface area contributed by atoms with Gasteiger partial charge in [-0.3, -0.25) is 0 Å². The van der Waals surface area contributed by atoms with Gasteiger partial charge in [0.2, 0.25) is 0 Å². The second kappa shape index (κ2) is 4.98. The van der Waals surface area contributed by atoms with Crippen LogP contribution in [0.15, 0.2) is 16.6 Å². The van der Waals surface area contributed by atoms with Gasteiger partial charge >= 0.3 is 0 Å². The fourth-order valence-electron chi connectivity index (χ4n) is 1.10. The van der Waals surface area contributed by atoms with E-state index >= 15 is 0 Å². The number of halogens is 2. The summed E-state index contributed by atoms with van der Waals surface area (Å²) in [5, 5.41) is 10.7. The fourth-order valence-corrected chi connectivity index (χ4v) is 1.96. The molecule has 0 atom stereocenters. The Balaban J connectivity index is 3.04. The van der Waals surface area contributed by atoms with Gasteiger partial charge in [-0.25, -0.2) is 0 Å². The van der Waals surface area contributed by atoms with Crippen LogP contribution in [0.4, 0.5) is 0 Å². The van der Waals surface area contributed by atoms with E-state index in [1.54, 1.807) is 26.3 Å². The van der Waals surface area contributed by atoms with Crippen LogP contribution in [0.1, 0.15) is 5.56 Å². The number of methoxy groups -OCH3 is 1. The molecular formula is C9H11BrClNO2. The van der Waals surface area contributed by atoms with Crippen LogP contribution >= 0.6 is 27.5 Å². The van der Waals surface area contributed by atoms with Crippen LogP contribution in [0.25, 0.3) is 0 Å². The monoisotopic (exact) mass is 279 g/mol. The lowest BCUT2D eigenvalue weighted by Gasteiger charge is -2.12. The maximum atomic E-state index is 9.09. The first-order valence-corrected chi connectivity index (χ1v) is 5.13. The molecule has 78 valence electrons. The van der Waals surface area contributed by atoms with E-state index in [9.17, 15) is 0 Å². The Morgan fingerprint density at radius 3 is 2.71 bits per heavy atom. The van der Waals surface area contributed by atoms with E-state index in [-0.39, 0.29) is 0 Å². The van der Waals surface area contributed by atoms with Gasteiger partial charge in [0.25, 0.3) is 0 Å². The quantitative estimate of drug-likeness (QED) is 0.864. The summed E-state index contributed by atoms with van der Waals surface area (Å²) in [5.41, 5.74) is 0.816. The maximum Gasteiger partial charge on any atom is 0.133 e. The van der Waals surface area contributed by atoms with Crippen LogP contribution in [0.2, 0.25) is 5.02 Å². The van der Waals surface area contributed by atoms with Crippen molar-refractivity contribution in [3.63, 3.8) is 0 Å². The molecule has 0 aromatic heterocycles. The number of benzene rings is 1. The summed E-state index contributed by atoms with van der Waals surface area (Å²) in [6.45, 7) is 0.364. The van der Waals surface area contributed by atoms with Gasteiger partial charge in [0.15, 0.2) is 0 Å². The third kappa shape index (κ3) is 2.85. The molecule has 0 bridgehead atoms. The van der Waals surface area contributed by atoms with Crippen molar-refractivity contribution in [2.75, 3.05) is 14.2 Å². The highest BCUT2D eigenvalue weighted by Crippen LogP contribution is 2.31. The molecule has 0 aliphatic rings. The lowest BCUT2D eigenvalue weighted by Crippen LogP contribution is -2.12. The molecule has 5 heteroatoms. The first kappa shape index (κ1) is 11.8.